The third kappa shape index (κ3) is 6.03. The molecule has 27 heavy (non-hydrogen) atoms. The fourth-order valence-corrected chi connectivity index (χ4v) is 3.27. The predicted octanol–water partition coefficient (Wildman–Crippen LogP) is 4.79. The van der Waals surface area contributed by atoms with Gasteiger partial charge in [0.2, 0.25) is 0 Å². The van der Waals surface area contributed by atoms with Crippen molar-refractivity contribution < 1.29 is 19.1 Å². The number of hydrogen-bond donors (Lipinski definition) is 1. The number of carbonyl (C=O) groups excluding carboxylic acids is 3. The van der Waals surface area contributed by atoms with Gasteiger partial charge in [-0.25, -0.2) is 0 Å². The number of anilines is 1. The van der Waals surface area contributed by atoms with Gasteiger partial charge < -0.3 is 10.1 Å². The lowest BCUT2D eigenvalue weighted by Gasteiger charge is -2.18. The first-order chi connectivity index (χ1) is 12.9. The van der Waals surface area contributed by atoms with Gasteiger partial charge in [-0.2, -0.15) is 0 Å². The Kier molecular flexibility index (Phi) is 7.73. The first-order valence-corrected chi connectivity index (χ1v) is 9.96. The van der Waals surface area contributed by atoms with Gasteiger partial charge in [0.05, 0.1) is 11.3 Å². The van der Waals surface area contributed by atoms with E-state index in [-0.39, 0.29) is 24.5 Å². The summed E-state index contributed by atoms with van der Waals surface area (Å²) < 4.78 is 5.18. The number of ketones is 1. The molecular formula is C21H25NO4S. The third-order valence-corrected chi connectivity index (χ3v) is 5.30. The van der Waals surface area contributed by atoms with E-state index in [0.29, 0.717) is 10.8 Å². The Balaban J connectivity index is 1.86. The summed E-state index contributed by atoms with van der Waals surface area (Å²) in [6.45, 7) is 5.71. The minimum atomic E-state index is -0.931. The summed E-state index contributed by atoms with van der Waals surface area (Å²) in [6, 6.07) is 11.1. The molecule has 0 spiro atoms. The van der Waals surface area contributed by atoms with Gasteiger partial charge in [-0.1, -0.05) is 38.1 Å². The number of benzene rings is 1. The Bertz CT molecular complexity index is 785. The summed E-state index contributed by atoms with van der Waals surface area (Å²) in [5.41, 5.74) is 1.78. The minimum Gasteiger partial charge on any atom is -0.453 e. The summed E-state index contributed by atoms with van der Waals surface area (Å²) in [7, 11) is 0. The van der Waals surface area contributed by atoms with E-state index >= 15 is 0 Å². The van der Waals surface area contributed by atoms with Crippen molar-refractivity contribution >= 4 is 34.7 Å². The van der Waals surface area contributed by atoms with E-state index in [0.717, 1.165) is 17.7 Å². The van der Waals surface area contributed by atoms with Gasteiger partial charge in [0.1, 0.15) is 0 Å². The quantitative estimate of drug-likeness (QED) is 0.496. The van der Waals surface area contributed by atoms with Gasteiger partial charge in [0.15, 0.2) is 11.9 Å². The maximum absolute atomic E-state index is 12.4. The van der Waals surface area contributed by atoms with Crippen LogP contribution in [-0.4, -0.2) is 23.8 Å². The van der Waals surface area contributed by atoms with Gasteiger partial charge in [0.25, 0.3) is 5.91 Å². The number of Topliss-reactive ketones (excluding diaryl/α,β-unsaturated/α-hetero) is 1. The van der Waals surface area contributed by atoms with Crippen LogP contribution in [-0.2, 0) is 14.3 Å². The average Bonchev–Trinajstić information content (AvgIpc) is 3.20. The average molecular weight is 388 g/mol. The molecule has 0 fully saturated rings. The Morgan fingerprint density at radius 1 is 1.07 bits per heavy atom. The number of thiophene rings is 1. The Hall–Kier alpha value is -2.47. The Labute approximate surface area is 163 Å². The number of amides is 1. The highest BCUT2D eigenvalue weighted by Crippen LogP contribution is 2.26. The first kappa shape index (κ1) is 20.8. The van der Waals surface area contributed by atoms with Gasteiger partial charge >= 0.3 is 5.97 Å². The second-order valence-electron chi connectivity index (χ2n) is 6.42. The minimum absolute atomic E-state index is 0.0438. The van der Waals surface area contributed by atoms with Crippen molar-refractivity contribution in [3.63, 3.8) is 0 Å². The molecule has 1 N–H and O–H groups in total. The lowest BCUT2D eigenvalue weighted by atomic mass is 9.97. The van der Waals surface area contributed by atoms with Crippen LogP contribution in [0.5, 0.6) is 0 Å². The van der Waals surface area contributed by atoms with Crippen LogP contribution in [0.15, 0.2) is 41.8 Å². The van der Waals surface area contributed by atoms with Crippen molar-refractivity contribution in [2.24, 2.45) is 0 Å². The molecule has 0 saturated heterocycles. The molecule has 2 rings (SSSR count). The van der Waals surface area contributed by atoms with Crippen molar-refractivity contribution in [3.05, 3.63) is 52.2 Å². The summed E-state index contributed by atoms with van der Waals surface area (Å²) in [6.07, 6.45) is 0.0530. The predicted molar refractivity (Wildman–Crippen MR) is 107 cm³/mol. The lowest BCUT2D eigenvalue weighted by molar-refractivity contribution is -0.153. The Morgan fingerprint density at radius 3 is 2.48 bits per heavy atom. The van der Waals surface area contributed by atoms with Gasteiger partial charge in [0, 0.05) is 12.1 Å². The van der Waals surface area contributed by atoms with Crippen molar-refractivity contribution in [1.82, 2.24) is 0 Å². The van der Waals surface area contributed by atoms with Crippen molar-refractivity contribution in [2.45, 2.75) is 52.1 Å². The molecule has 0 bridgehead atoms. The molecule has 1 amide bonds. The zero-order valence-electron chi connectivity index (χ0n) is 15.9. The highest BCUT2D eigenvalue weighted by Gasteiger charge is 2.20. The highest BCUT2D eigenvalue weighted by atomic mass is 32.1. The van der Waals surface area contributed by atoms with Gasteiger partial charge in [-0.05, 0) is 42.3 Å². The van der Waals surface area contributed by atoms with E-state index in [9.17, 15) is 14.4 Å². The smallest absolute Gasteiger partial charge is 0.307 e. The maximum atomic E-state index is 12.4. The molecule has 0 saturated carbocycles. The number of rotatable bonds is 9. The van der Waals surface area contributed by atoms with E-state index in [1.54, 1.807) is 12.1 Å². The van der Waals surface area contributed by atoms with Crippen LogP contribution in [0.4, 0.5) is 5.69 Å². The number of ether oxygens (including phenoxy) is 1. The molecule has 1 aromatic heterocycles. The maximum Gasteiger partial charge on any atom is 0.307 e. The van der Waals surface area contributed by atoms with E-state index in [1.807, 2.05) is 29.6 Å². The lowest BCUT2D eigenvalue weighted by Crippen LogP contribution is -2.30. The molecule has 2 aromatic rings. The van der Waals surface area contributed by atoms with Crippen LogP contribution >= 0.6 is 11.3 Å². The third-order valence-electron chi connectivity index (χ3n) is 4.39. The van der Waals surface area contributed by atoms with E-state index < -0.39 is 12.1 Å². The molecule has 1 aromatic carbocycles. The molecule has 1 heterocycles. The van der Waals surface area contributed by atoms with Crippen LogP contribution in [0, 0.1) is 0 Å². The number of nitrogens with one attached hydrogen (secondary N) is 1. The molecule has 0 aliphatic heterocycles. The zero-order chi connectivity index (χ0) is 19.8. The molecule has 5 nitrogen and oxygen atoms in total. The summed E-state index contributed by atoms with van der Waals surface area (Å²) in [5, 5.41) is 4.65. The topological polar surface area (TPSA) is 72.5 Å². The van der Waals surface area contributed by atoms with Gasteiger partial charge in [-0.3, -0.25) is 14.4 Å². The SMILES string of the molecule is CC[C@@H](C)c1ccccc1NC(=O)[C@@H](C)OC(=O)CCC(=O)c1cccs1. The summed E-state index contributed by atoms with van der Waals surface area (Å²) in [4.78, 5) is 36.9. The summed E-state index contributed by atoms with van der Waals surface area (Å²) >= 11 is 1.34. The van der Waals surface area contributed by atoms with Crippen LogP contribution < -0.4 is 5.32 Å². The molecule has 0 aliphatic rings. The second kappa shape index (κ2) is 10.0. The molecule has 2 atom stereocenters. The molecule has 0 aliphatic carbocycles. The largest absolute Gasteiger partial charge is 0.453 e. The van der Waals surface area contributed by atoms with Crippen LogP contribution in [0.2, 0.25) is 0 Å². The second-order valence-corrected chi connectivity index (χ2v) is 7.37. The van der Waals surface area contributed by atoms with E-state index in [2.05, 4.69) is 19.2 Å². The number of para-hydroxylation sites is 1. The van der Waals surface area contributed by atoms with Crippen LogP contribution in [0.3, 0.4) is 0 Å². The van der Waals surface area contributed by atoms with Crippen molar-refractivity contribution in [3.8, 4) is 0 Å². The number of esters is 1. The Morgan fingerprint density at radius 2 is 1.81 bits per heavy atom. The van der Waals surface area contributed by atoms with E-state index in [1.165, 1.54) is 18.3 Å². The zero-order valence-corrected chi connectivity index (χ0v) is 16.7. The summed E-state index contributed by atoms with van der Waals surface area (Å²) in [5.74, 6) is -0.731. The van der Waals surface area contributed by atoms with Crippen LogP contribution in [0.25, 0.3) is 0 Å². The monoisotopic (exact) mass is 387 g/mol. The first-order valence-electron chi connectivity index (χ1n) is 9.08. The molecular weight excluding hydrogens is 362 g/mol. The van der Waals surface area contributed by atoms with Crippen LogP contribution in [0.1, 0.15) is 61.2 Å². The van der Waals surface area contributed by atoms with Crippen molar-refractivity contribution in [2.75, 3.05) is 5.32 Å². The molecule has 6 heteroatoms. The standard InChI is InChI=1S/C21H25NO4S/c1-4-14(2)16-8-5-6-9-17(16)22-21(25)15(3)26-20(24)12-11-18(23)19-10-7-13-27-19/h5-10,13-15H,4,11-12H2,1-3H3,(H,22,25)/t14-,15-/m1/s1. The normalized spacial score (nSPS) is 12.9. The number of hydrogen-bond acceptors (Lipinski definition) is 5. The fraction of sp³-hybridized carbons (Fsp3) is 0.381. The highest BCUT2D eigenvalue weighted by molar-refractivity contribution is 7.12. The van der Waals surface area contributed by atoms with Crippen molar-refractivity contribution in [1.29, 1.82) is 0 Å². The van der Waals surface area contributed by atoms with E-state index in [4.69, 9.17) is 4.74 Å². The molecule has 0 unspecified atom stereocenters. The molecule has 144 valence electrons. The molecule has 0 radical (unpaired) electrons. The van der Waals surface area contributed by atoms with Gasteiger partial charge in [-0.15, -0.1) is 11.3 Å². The number of carbonyl (C=O) groups is 3. The fourth-order valence-electron chi connectivity index (χ4n) is 2.58.